The van der Waals surface area contributed by atoms with E-state index in [1.165, 1.54) is 89.9 Å². The monoisotopic (exact) mass is 635 g/mol. The SMILES string of the molecule is CCCCCCCC/C=C\CCCCCC(=O)OC1CCC2(C)C(=CCC3C2CCC2(C)C(C(C)/C=C/C(C)C(C)C)CCC32)C1. The molecular weight excluding hydrogens is 560 g/mol. The number of ether oxygens (including phenoxy) is 1. The molecule has 262 valence electrons. The molecule has 0 saturated heterocycles. The number of fused-ring (bicyclic) bond motifs is 5. The minimum absolute atomic E-state index is 0.0397. The zero-order valence-corrected chi connectivity index (χ0v) is 31.5. The van der Waals surface area contributed by atoms with Gasteiger partial charge in [-0.2, -0.15) is 0 Å². The van der Waals surface area contributed by atoms with Crippen LogP contribution in [0.5, 0.6) is 0 Å². The first-order valence-electron chi connectivity index (χ1n) is 20.3. The summed E-state index contributed by atoms with van der Waals surface area (Å²) in [7, 11) is 0. The van der Waals surface area contributed by atoms with Crippen molar-refractivity contribution < 1.29 is 9.53 Å². The van der Waals surface area contributed by atoms with Crippen LogP contribution in [0.3, 0.4) is 0 Å². The van der Waals surface area contributed by atoms with E-state index < -0.39 is 0 Å². The number of esters is 1. The molecule has 3 fully saturated rings. The molecule has 2 heteroatoms. The van der Waals surface area contributed by atoms with Gasteiger partial charge in [0.15, 0.2) is 0 Å². The van der Waals surface area contributed by atoms with Crippen LogP contribution in [0.25, 0.3) is 0 Å². The molecule has 0 aromatic heterocycles. The highest BCUT2D eigenvalue weighted by molar-refractivity contribution is 5.69. The van der Waals surface area contributed by atoms with Crippen LogP contribution in [-0.4, -0.2) is 12.1 Å². The Balaban J connectivity index is 1.18. The van der Waals surface area contributed by atoms with E-state index in [2.05, 4.69) is 78.8 Å². The van der Waals surface area contributed by atoms with Gasteiger partial charge in [0.2, 0.25) is 0 Å². The molecule has 4 aliphatic carbocycles. The van der Waals surface area contributed by atoms with E-state index in [-0.39, 0.29) is 12.1 Å². The largest absolute Gasteiger partial charge is 0.462 e. The molecule has 0 N–H and O–H groups in total. The summed E-state index contributed by atoms with van der Waals surface area (Å²) in [5, 5.41) is 0. The van der Waals surface area contributed by atoms with Crippen LogP contribution in [0.15, 0.2) is 36.0 Å². The summed E-state index contributed by atoms with van der Waals surface area (Å²) < 4.78 is 6.11. The summed E-state index contributed by atoms with van der Waals surface area (Å²) in [5.74, 6) is 5.45. The predicted molar refractivity (Wildman–Crippen MR) is 198 cm³/mol. The summed E-state index contributed by atoms with van der Waals surface area (Å²) in [6.45, 7) is 17.1. The molecule has 4 aliphatic rings. The zero-order valence-electron chi connectivity index (χ0n) is 31.5. The van der Waals surface area contributed by atoms with E-state index in [0.717, 1.165) is 61.7 Å². The first-order chi connectivity index (χ1) is 22.1. The lowest BCUT2D eigenvalue weighted by Crippen LogP contribution is -2.51. The molecule has 0 bridgehead atoms. The molecule has 0 heterocycles. The second-order valence-corrected chi connectivity index (χ2v) is 17.3. The molecule has 9 atom stereocenters. The van der Waals surface area contributed by atoms with Crippen LogP contribution >= 0.6 is 0 Å². The van der Waals surface area contributed by atoms with Crippen molar-refractivity contribution in [3.8, 4) is 0 Å². The van der Waals surface area contributed by atoms with E-state index in [4.69, 9.17) is 4.74 Å². The molecule has 0 aliphatic heterocycles. The van der Waals surface area contributed by atoms with Crippen LogP contribution in [0, 0.1) is 52.3 Å². The average molecular weight is 635 g/mol. The fourth-order valence-electron chi connectivity index (χ4n) is 10.6. The number of rotatable bonds is 18. The molecule has 46 heavy (non-hydrogen) atoms. The molecule has 3 saturated carbocycles. The second-order valence-electron chi connectivity index (χ2n) is 17.3. The normalized spacial score (nSPS) is 33.9. The molecule has 0 spiro atoms. The highest BCUT2D eigenvalue weighted by Gasteiger charge is 2.59. The number of allylic oxidation sites excluding steroid dienone is 5. The van der Waals surface area contributed by atoms with Crippen LogP contribution in [0.2, 0.25) is 0 Å². The number of unbranched alkanes of at least 4 members (excludes halogenated alkanes) is 9. The van der Waals surface area contributed by atoms with Gasteiger partial charge in [0.1, 0.15) is 6.10 Å². The molecule has 2 nitrogen and oxygen atoms in total. The Morgan fingerprint density at radius 1 is 0.848 bits per heavy atom. The zero-order chi connectivity index (χ0) is 33.2. The topological polar surface area (TPSA) is 26.3 Å². The summed E-state index contributed by atoms with van der Waals surface area (Å²) in [6, 6.07) is 0. The Labute approximate surface area is 286 Å². The Morgan fingerprint density at radius 2 is 1.54 bits per heavy atom. The number of carbonyl (C=O) groups excluding carboxylic acids is 1. The summed E-state index contributed by atoms with van der Waals surface area (Å²) in [4.78, 5) is 12.8. The van der Waals surface area contributed by atoms with Gasteiger partial charge < -0.3 is 4.74 Å². The molecule has 0 amide bonds. The molecule has 0 aromatic carbocycles. The quantitative estimate of drug-likeness (QED) is 0.0852. The fraction of sp³-hybridized carbons (Fsp3) is 0.841. The van der Waals surface area contributed by atoms with Gasteiger partial charge in [-0.3, -0.25) is 4.79 Å². The highest BCUT2D eigenvalue weighted by Crippen LogP contribution is 2.67. The lowest BCUT2D eigenvalue weighted by atomic mass is 9.47. The van der Waals surface area contributed by atoms with Crippen LogP contribution < -0.4 is 0 Å². The summed E-state index contributed by atoms with van der Waals surface area (Å²) in [5.41, 5.74) is 2.43. The van der Waals surface area contributed by atoms with Gasteiger partial charge in [-0.05, 0) is 129 Å². The van der Waals surface area contributed by atoms with Crippen molar-refractivity contribution in [1.29, 1.82) is 0 Å². The molecule has 0 aromatic rings. The maximum Gasteiger partial charge on any atom is 0.306 e. The highest BCUT2D eigenvalue weighted by atomic mass is 16.5. The molecule has 0 radical (unpaired) electrons. The van der Waals surface area contributed by atoms with Crippen molar-refractivity contribution in [3.63, 3.8) is 0 Å². The Morgan fingerprint density at radius 3 is 2.26 bits per heavy atom. The third-order valence-corrected chi connectivity index (χ3v) is 14.0. The summed E-state index contributed by atoms with van der Waals surface area (Å²) in [6.07, 6.45) is 37.1. The Hall–Kier alpha value is -1.31. The van der Waals surface area contributed by atoms with Crippen LogP contribution in [0.1, 0.15) is 177 Å². The first-order valence-corrected chi connectivity index (χ1v) is 20.3. The maximum absolute atomic E-state index is 12.8. The summed E-state index contributed by atoms with van der Waals surface area (Å²) >= 11 is 0. The van der Waals surface area contributed by atoms with E-state index >= 15 is 0 Å². The van der Waals surface area contributed by atoms with Gasteiger partial charge in [0, 0.05) is 12.8 Å². The van der Waals surface area contributed by atoms with E-state index in [1.54, 1.807) is 5.57 Å². The molecular formula is C44H74O2. The number of hydrogen-bond donors (Lipinski definition) is 0. The molecule has 9 unspecified atom stereocenters. The number of carbonyl (C=O) groups is 1. The standard InChI is InChI=1S/C44H74O2/c1-8-9-10-11-12-13-14-15-16-17-18-19-20-21-42(45)46-37-28-30-43(6)36(32-37)24-25-38-40-27-26-39(44(40,7)31-29-41(38)43)35(5)23-22-34(4)33(2)3/h15-16,22-24,33-35,37-41H,8-14,17-21,25-32H2,1-7H3/b16-15-,23-22+. The third-order valence-electron chi connectivity index (χ3n) is 14.0. The fourth-order valence-corrected chi connectivity index (χ4v) is 10.6. The van der Waals surface area contributed by atoms with Crippen molar-refractivity contribution in [1.82, 2.24) is 0 Å². The van der Waals surface area contributed by atoms with Gasteiger partial charge in [0.25, 0.3) is 0 Å². The van der Waals surface area contributed by atoms with Crippen molar-refractivity contribution in [2.45, 2.75) is 183 Å². The van der Waals surface area contributed by atoms with E-state index in [0.29, 0.717) is 29.1 Å². The molecule has 4 rings (SSSR count). The predicted octanol–water partition coefficient (Wildman–Crippen LogP) is 13.2. The lowest BCUT2D eigenvalue weighted by molar-refractivity contribution is -0.151. The average Bonchev–Trinajstić information content (AvgIpc) is 3.39. The van der Waals surface area contributed by atoms with Crippen molar-refractivity contribution in [3.05, 3.63) is 36.0 Å². The van der Waals surface area contributed by atoms with Crippen LogP contribution in [0.4, 0.5) is 0 Å². The smallest absolute Gasteiger partial charge is 0.306 e. The van der Waals surface area contributed by atoms with Gasteiger partial charge in [-0.15, -0.1) is 0 Å². The minimum atomic E-state index is 0.0397. The number of hydrogen-bond acceptors (Lipinski definition) is 2. The third kappa shape index (κ3) is 9.43. The minimum Gasteiger partial charge on any atom is -0.462 e. The van der Waals surface area contributed by atoms with E-state index in [1.807, 2.05) is 0 Å². The van der Waals surface area contributed by atoms with Gasteiger partial charge in [-0.1, -0.05) is 123 Å². The lowest BCUT2D eigenvalue weighted by Gasteiger charge is -2.58. The first kappa shape index (κ1) is 37.5. The Kier molecular flexibility index (Phi) is 14.6. The van der Waals surface area contributed by atoms with Gasteiger partial charge in [0.05, 0.1) is 0 Å². The van der Waals surface area contributed by atoms with Crippen molar-refractivity contribution in [2.75, 3.05) is 0 Å². The van der Waals surface area contributed by atoms with Crippen molar-refractivity contribution >= 4 is 5.97 Å². The van der Waals surface area contributed by atoms with Gasteiger partial charge >= 0.3 is 5.97 Å². The van der Waals surface area contributed by atoms with Crippen molar-refractivity contribution in [2.24, 2.45) is 52.3 Å². The Bertz CT molecular complexity index is 1020. The van der Waals surface area contributed by atoms with E-state index in [9.17, 15) is 4.79 Å². The van der Waals surface area contributed by atoms with Gasteiger partial charge in [-0.25, -0.2) is 0 Å². The second kappa shape index (κ2) is 17.9. The maximum atomic E-state index is 12.8. The van der Waals surface area contributed by atoms with Crippen LogP contribution in [-0.2, 0) is 9.53 Å².